The molecule has 2 aromatic rings. The van der Waals surface area contributed by atoms with E-state index in [0.717, 1.165) is 28.8 Å². The van der Waals surface area contributed by atoms with Gasteiger partial charge in [0.25, 0.3) is 0 Å². The maximum Gasteiger partial charge on any atom is 0.225 e. The molecule has 4 heteroatoms. The van der Waals surface area contributed by atoms with Crippen molar-refractivity contribution in [2.24, 2.45) is 0 Å². The molecule has 19 heavy (non-hydrogen) atoms. The van der Waals surface area contributed by atoms with E-state index < -0.39 is 0 Å². The molecule has 0 unspecified atom stereocenters. The van der Waals surface area contributed by atoms with Crippen LogP contribution in [0.4, 0.5) is 0 Å². The molecule has 0 spiro atoms. The Morgan fingerprint density at radius 3 is 2.84 bits per heavy atom. The fourth-order valence-corrected chi connectivity index (χ4v) is 2.78. The van der Waals surface area contributed by atoms with E-state index in [1.165, 1.54) is 24.8 Å². The number of benzene rings is 1. The molecular formula is C15H15BrN2O. The Labute approximate surface area is 121 Å². The Morgan fingerprint density at radius 1 is 1.05 bits per heavy atom. The molecule has 1 aliphatic carbocycles. The number of ether oxygens (including phenoxy) is 1. The Balaban J connectivity index is 1.93. The maximum atomic E-state index is 5.93. The molecule has 1 aromatic carbocycles. The van der Waals surface area contributed by atoms with Gasteiger partial charge in [-0.05, 0) is 43.9 Å². The fourth-order valence-electron chi connectivity index (χ4n) is 2.40. The highest BCUT2D eigenvalue weighted by atomic mass is 79.9. The number of hydrogen-bond donors (Lipinski definition) is 0. The summed E-state index contributed by atoms with van der Waals surface area (Å²) in [5, 5.41) is 0. The van der Waals surface area contributed by atoms with Crippen LogP contribution >= 0.6 is 15.9 Å². The van der Waals surface area contributed by atoms with Crippen LogP contribution in [0, 0.1) is 0 Å². The van der Waals surface area contributed by atoms with Crippen molar-refractivity contribution in [3.05, 3.63) is 46.3 Å². The standard InChI is InChI=1S/C15H15BrN2O/c16-11-5-4-6-12(9-11)19-15-13-7-2-1-3-8-14(13)17-10-18-15/h4-6,9-10H,1-3,7-8H2. The average Bonchev–Trinajstić information content (AvgIpc) is 2.65. The molecule has 3 rings (SSSR count). The second-order valence-corrected chi connectivity index (χ2v) is 5.64. The smallest absolute Gasteiger partial charge is 0.225 e. The van der Waals surface area contributed by atoms with Crippen molar-refractivity contribution >= 4 is 15.9 Å². The largest absolute Gasteiger partial charge is 0.439 e. The zero-order chi connectivity index (χ0) is 13.1. The summed E-state index contributed by atoms with van der Waals surface area (Å²) in [5.74, 6) is 1.52. The molecule has 0 aliphatic heterocycles. The van der Waals surface area contributed by atoms with Gasteiger partial charge in [-0.3, -0.25) is 0 Å². The summed E-state index contributed by atoms with van der Waals surface area (Å²) in [4.78, 5) is 8.71. The summed E-state index contributed by atoms with van der Waals surface area (Å²) in [6, 6.07) is 7.83. The first-order chi connectivity index (χ1) is 9.33. The van der Waals surface area contributed by atoms with Crippen LogP contribution in [0.5, 0.6) is 11.6 Å². The van der Waals surface area contributed by atoms with Crippen molar-refractivity contribution in [3.8, 4) is 11.6 Å². The second kappa shape index (κ2) is 5.70. The summed E-state index contributed by atoms with van der Waals surface area (Å²) >= 11 is 3.45. The highest BCUT2D eigenvalue weighted by molar-refractivity contribution is 9.10. The molecule has 3 nitrogen and oxygen atoms in total. The van der Waals surface area contributed by atoms with E-state index in [4.69, 9.17) is 4.74 Å². The van der Waals surface area contributed by atoms with Gasteiger partial charge >= 0.3 is 0 Å². The lowest BCUT2D eigenvalue weighted by molar-refractivity contribution is 0.452. The van der Waals surface area contributed by atoms with E-state index in [9.17, 15) is 0 Å². The fraction of sp³-hybridized carbons (Fsp3) is 0.333. The summed E-state index contributed by atoms with van der Waals surface area (Å²) in [6.45, 7) is 0. The van der Waals surface area contributed by atoms with Gasteiger partial charge in [-0.25, -0.2) is 9.97 Å². The van der Waals surface area contributed by atoms with Gasteiger partial charge in [0.15, 0.2) is 0 Å². The summed E-state index contributed by atoms with van der Waals surface area (Å²) in [6.07, 6.45) is 7.31. The third-order valence-electron chi connectivity index (χ3n) is 3.35. The van der Waals surface area contributed by atoms with E-state index in [1.807, 2.05) is 24.3 Å². The lowest BCUT2D eigenvalue weighted by Crippen LogP contribution is -2.01. The number of aromatic nitrogens is 2. The quantitative estimate of drug-likeness (QED) is 0.774. The van der Waals surface area contributed by atoms with Crippen LogP contribution in [0.1, 0.15) is 30.5 Å². The monoisotopic (exact) mass is 318 g/mol. The van der Waals surface area contributed by atoms with E-state index in [-0.39, 0.29) is 0 Å². The number of nitrogens with zero attached hydrogens (tertiary/aromatic N) is 2. The summed E-state index contributed by atoms with van der Waals surface area (Å²) in [5.41, 5.74) is 2.33. The molecular weight excluding hydrogens is 304 g/mol. The molecule has 1 aliphatic rings. The van der Waals surface area contributed by atoms with Gasteiger partial charge in [-0.15, -0.1) is 0 Å². The van der Waals surface area contributed by atoms with Crippen molar-refractivity contribution in [2.75, 3.05) is 0 Å². The normalized spacial score (nSPS) is 14.6. The zero-order valence-corrected chi connectivity index (χ0v) is 12.2. The topological polar surface area (TPSA) is 35.0 Å². The minimum Gasteiger partial charge on any atom is -0.439 e. The van der Waals surface area contributed by atoms with Crippen LogP contribution in [0.15, 0.2) is 35.1 Å². The van der Waals surface area contributed by atoms with Crippen molar-refractivity contribution in [2.45, 2.75) is 32.1 Å². The van der Waals surface area contributed by atoms with Gasteiger partial charge in [0.1, 0.15) is 12.1 Å². The minimum atomic E-state index is 0.713. The van der Waals surface area contributed by atoms with E-state index in [2.05, 4.69) is 25.9 Å². The van der Waals surface area contributed by atoms with Gasteiger partial charge in [-0.2, -0.15) is 0 Å². The Hall–Kier alpha value is -1.42. The molecule has 0 atom stereocenters. The summed E-state index contributed by atoms with van der Waals surface area (Å²) < 4.78 is 6.94. The maximum absolute atomic E-state index is 5.93. The van der Waals surface area contributed by atoms with Crippen molar-refractivity contribution in [1.29, 1.82) is 0 Å². The van der Waals surface area contributed by atoms with Crippen LogP contribution < -0.4 is 4.74 Å². The van der Waals surface area contributed by atoms with Gasteiger partial charge in [0, 0.05) is 10.0 Å². The highest BCUT2D eigenvalue weighted by Gasteiger charge is 2.15. The molecule has 98 valence electrons. The first-order valence-corrected chi connectivity index (χ1v) is 7.38. The Kier molecular flexibility index (Phi) is 3.78. The van der Waals surface area contributed by atoms with Crippen molar-refractivity contribution in [1.82, 2.24) is 9.97 Å². The molecule has 0 saturated heterocycles. The molecule has 0 bridgehead atoms. The molecule has 0 amide bonds. The average molecular weight is 319 g/mol. The zero-order valence-electron chi connectivity index (χ0n) is 10.6. The van der Waals surface area contributed by atoms with Crippen molar-refractivity contribution < 1.29 is 4.74 Å². The SMILES string of the molecule is Brc1cccc(Oc2ncnc3c2CCCCC3)c1. The van der Waals surface area contributed by atoms with Gasteiger partial charge < -0.3 is 4.74 Å². The number of halogens is 1. The predicted molar refractivity (Wildman–Crippen MR) is 77.5 cm³/mol. The number of fused-ring (bicyclic) bond motifs is 1. The third kappa shape index (κ3) is 2.95. The molecule has 0 saturated carbocycles. The number of aryl methyl sites for hydroxylation is 1. The first-order valence-electron chi connectivity index (χ1n) is 6.59. The second-order valence-electron chi connectivity index (χ2n) is 4.72. The van der Waals surface area contributed by atoms with Crippen LogP contribution in [0.3, 0.4) is 0 Å². The molecule has 1 aromatic heterocycles. The summed E-state index contributed by atoms with van der Waals surface area (Å²) in [7, 11) is 0. The molecule has 1 heterocycles. The Bertz CT molecular complexity index is 586. The number of rotatable bonds is 2. The van der Waals surface area contributed by atoms with E-state index in [1.54, 1.807) is 6.33 Å². The lowest BCUT2D eigenvalue weighted by Gasteiger charge is -2.11. The van der Waals surface area contributed by atoms with Crippen LogP contribution in [0.2, 0.25) is 0 Å². The Morgan fingerprint density at radius 2 is 1.95 bits per heavy atom. The van der Waals surface area contributed by atoms with E-state index in [0.29, 0.717) is 5.88 Å². The van der Waals surface area contributed by atoms with Gasteiger partial charge in [0.05, 0.1) is 5.69 Å². The van der Waals surface area contributed by atoms with Gasteiger partial charge in [-0.1, -0.05) is 28.4 Å². The van der Waals surface area contributed by atoms with E-state index >= 15 is 0 Å². The predicted octanol–water partition coefficient (Wildman–Crippen LogP) is 4.30. The van der Waals surface area contributed by atoms with Crippen LogP contribution in [0.25, 0.3) is 0 Å². The lowest BCUT2D eigenvalue weighted by atomic mass is 10.1. The third-order valence-corrected chi connectivity index (χ3v) is 3.84. The molecule has 0 N–H and O–H groups in total. The van der Waals surface area contributed by atoms with Crippen molar-refractivity contribution in [3.63, 3.8) is 0 Å². The van der Waals surface area contributed by atoms with Gasteiger partial charge in [0.2, 0.25) is 5.88 Å². The number of hydrogen-bond acceptors (Lipinski definition) is 3. The van der Waals surface area contributed by atoms with Crippen LogP contribution in [-0.4, -0.2) is 9.97 Å². The van der Waals surface area contributed by atoms with Crippen LogP contribution in [-0.2, 0) is 12.8 Å². The molecule has 0 radical (unpaired) electrons. The molecule has 0 fully saturated rings. The highest BCUT2D eigenvalue weighted by Crippen LogP contribution is 2.29. The minimum absolute atomic E-state index is 0.713. The first kappa shape index (κ1) is 12.6.